The molecule has 0 bridgehead atoms. The van der Waals surface area contributed by atoms with Gasteiger partial charge in [0, 0.05) is 83.6 Å². The van der Waals surface area contributed by atoms with Gasteiger partial charge in [-0.2, -0.15) is 0 Å². The Morgan fingerprint density at radius 2 is 1.59 bits per heavy atom. The highest BCUT2D eigenvalue weighted by Crippen LogP contribution is 2.45. The lowest BCUT2D eigenvalue weighted by atomic mass is 9.68. The van der Waals surface area contributed by atoms with Gasteiger partial charge in [-0.3, -0.25) is 9.48 Å². The lowest BCUT2D eigenvalue weighted by molar-refractivity contribution is -0.302. The molecule has 3 fully saturated rings. The van der Waals surface area contributed by atoms with E-state index < -0.39 is 95.6 Å². The molecule has 17 nitrogen and oxygen atoms in total. The van der Waals surface area contributed by atoms with Gasteiger partial charge in [-0.15, -0.1) is 5.10 Å². The highest BCUT2D eigenvalue weighted by atomic mass is 16.7. The Bertz CT molecular complexity index is 1880. The van der Waals surface area contributed by atoms with Crippen molar-refractivity contribution < 1.29 is 54.0 Å². The number of aryl methyl sites for hydroxylation is 2. The van der Waals surface area contributed by atoms with Gasteiger partial charge in [0.05, 0.1) is 47.2 Å². The van der Waals surface area contributed by atoms with Crippen LogP contribution in [-0.2, 0) is 47.9 Å². The van der Waals surface area contributed by atoms with Crippen molar-refractivity contribution in [3.63, 3.8) is 0 Å². The molecular formula is C51H88N6O11. The van der Waals surface area contributed by atoms with Gasteiger partial charge in [0.25, 0.3) is 0 Å². The summed E-state index contributed by atoms with van der Waals surface area (Å²) in [5.74, 6) is -3.07. The Kier molecular flexibility index (Phi) is 19.1. The molecule has 4 heterocycles. The molecule has 1 aromatic carbocycles. The van der Waals surface area contributed by atoms with Crippen LogP contribution in [0.25, 0.3) is 0 Å². The zero-order chi connectivity index (χ0) is 50.6. The zero-order valence-corrected chi connectivity index (χ0v) is 43.8. The Balaban J connectivity index is 1.43. The third-order valence-electron chi connectivity index (χ3n) is 15.9. The minimum atomic E-state index is -1.80. The number of aliphatic hydroxyl groups is 5. The summed E-state index contributed by atoms with van der Waals surface area (Å²) >= 11 is 0. The number of carbonyl (C=O) groups excluding carboxylic acids is 1. The van der Waals surface area contributed by atoms with Crippen molar-refractivity contribution in [1.29, 1.82) is 0 Å². The molecule has 0 saturated carbocycles. The molecule has 17 heteroatoms. The number of anilines is 1. The molecule has 1 aromatic heterocycles. The van der Waals surface area contributed by atoms with Crippen LogP contribution in [0.3, 0.4) is 0 Å². The first-order valence-electron chi connectivity index (χ1n) is 25.0. The summed E-state index contributed by atoms with van der Waals surface area (Å²) in [7, 11) is 9.42. The summed E-state index contributed by atoms with van der Waals surface area (Å²) < 4.78 is 34.1. The second-order valence-electron chi connectivity index (χ2n) is 21.8. The summed E-state index contributed by atoms with van der Waals surface area (Å²) in [6.07, 6.45) is -3.73. The van der Waals surface area contributed by atoms with Crippen molar-refractivity contribution in [2.45, 2.75) is 198 Å². The lowest BCUT2D eigenvalue weighted by Gasteiger charge is -2.51. The Labute approximate surface area is 406 Å². The van der Waals surface area contributed by atoms with E-state index in [1.807, 2.05) is 78.6 Å². The van der Waals surface area contributed by atoms with Crippen molar-refractivity contribution in [2.75, 3.05) is 53.3 Å². The SMILES string of the molecule is CC[C@H]1OC(=O)[C@H](C)[C@@H](C2C[C@@](C)(OC)[C@@H](O)[C@H](C)O2)[C@H](C)[C@@H](O[C@@H]2O[C@H](C)C[C@H](N(C)CCc3cn(CCc4ccc(N(C)C)cc4)nn3)[C@H]2O)[C@](C)(O)C[C@@H](C)CN(C)[C@H](C)[C@@H](O)[C@]1(C)O. The number of hydrogen-bond donors (Lipinski definition) is 5. The van der Waals surface area contributed by atoms with Gasteiger partial charge in [-0.25, -0.2) is 0 Å². The fourth-order valence-corrected chi connectivity index (χ4v) is 11.4. The van der Waals surface area contributed by atoms with Gasteiger partial charge >= 0.3 is 5.97 Å². The summed E-state index contributed by atoms with van der Waals surface area (Å²) in [6.45, 7) is 19.8. The first-order valence-corrected chi connectivity index (χ1v) is 25.0. The molecule has 5 N–H and O–H groups in total. The number of carbonyl (C=O) groups is 1. The van der Waals surface area contributed by atoms with Crippen LogP contribution in [0.2, 0.25) is 0 Å². The number of hydrogen-bond acceptors (Lipinski definition) is 16. The van der Waals surface area contributed by atoms with E-state index in [0.29, 0.717) is 32.5 Å². The topological polar surface area (TPSA) is 205 Å². The fraction of sp³-hybridized carbons (Fsp3) is 0.824. The number of cyclic esters (lactones) is 1. The van der Waals surface area contributed by atoms with Crippen molar-refractivity contribution in [1.82, 2.24) is 24.8 Å². The fourth-order valence-electron chi connectivity index (χ4n) is 11.4. The van der Waals surface area contributed by atoms with E-state index in [1.165, 1.54) is 12.5 Å². The van der Waals surface area contributed by atoms with Gasteiger partial charge in [-0.1, -0.05) is 45.0 Å². The number of benzene rings is 1. The lowest BCUT2D eigenvalue weighted by Crippen LogP contribution is -2.62. The second-order valence-corrected chi connectivity index (χ2v) is 21.8. The Morgan fingerprint density at radius 1 is 0.926 bits per heavy atom. The Hall–Kier alpha value is -2.81. The zero-order valence-electron chi connectivity index (χ0n) is 43.8. The Morgan fingerprint density at radius 3 is 2.21 bits per heavy atom. The van der Waals surface area contributed by atoms with Gasteiger partial charge in [0.15, 0.2) is 6.29 Å². The van der Waals surface area contributed by atoms with Gasteiger partial charge in [-0.05, 0) is 111 Å². The third kappa shape index (κ3) is 13.0. The maximum absolute atomic E-state index is 14.6. The molecule has 2 aromatic rings. The third-order valence-corrected chi connectivity index (χ3v) is 15.9. The number of aliphatic hydroxyl groups excluding tert-OH is 3. The molecule has 0 aliphatic carbocycles. The molecule has 1 unspecified atom stereocenters. The van der Waals surface area contributed by atoms with E-state index in [4.69, 9.17) is 23.7 Å². The molecular weight excluding hydrogens is 873 g/mol. The largest absolute Gasteiger partial charge is 0.459 e. The predicted molar refractivity (Wildman–Crippen MR) is 260 cm³/mol. The molecule has 3 saturated heterocycles. The first-order chi connectivity index (χ1) is 31.7. The molecule has 68 heavy (non-hydrogen) atoms. The molecule has 0 radical (unpaired) electrons. The summed E-state index contributed by atoms with van der Waals surface area (Å²) in [6, 6.07) is 7.57. The van der Waals surface area contributed by atoms with E-state index in [9.17, 15) is 30.3 Å². The average molecular weight is 961 g/mol. The van der Waals surface area contributed by atoms with E-state index >= 15 is 0 Å². The number of likely N-dealkylation sites (N-methyl/N-ethyl adjacent to an activating group) is 2. The van der Waals surface area contributed by atoms with E-state index in [-0.39, 0.29) is 37.3 Å². The maximum atomic E-state index is 14.6. The van der Waals surface area contributed by atoms with Crippen LogP contribution < -0.4 is 4.90 Å². The van der Waals surface area contributed by atoms with Crippen LogP contribution in [0.5, 0.6) is 0 Å². The molecule has 18 atom stereocenters. The van der Waals surface area contributed by atoms with Gasteiger partial charge in [0.1, 0.15) is 30.0 Å². The number of esters is 1. The summed E-state index contributed by atoms with van der Waals surface area (Å²) in [5.41, 5.74) is -1.21. The van der Waals surface area contributed by atoms with Crippen LogP contribution in [0.4, 0.5) is 5.69 Å². The average Bonchev–Trinajstić information content (AvgIpc) is 3.74. The number of aromatic nitrogens is 3. The monoisotopic (exact) mass is 961 g/mol. The van der Waals surface area contributed by atoms with Crippen LogP contribution >= 0.6 is 0 Å². The number of ether oxygens (including phenoxy) is 5. The molecule has 5 rings (SSSR count). The van der Waals surface area contributed by atoms with Gasteiger partial charge in [0.2, 0.25) is 0 Å². The molecule has 3 aliphatic rings. The summed E-state index contributed by atoms with van der Waals surface area (Å²) in [5, 5.41) is 68.9. The minimum absolute atomic E-state index is 0.158. The molecule has 3 aliphatic heterocycles. The van der Waals surface area contributed by atoms with Crippen molar-refractivity contribution in [3.05, 3.63) is 41.7 Å². The molecule has 388 valence electrons. The standard InChI is InChI=1S/C51H88N6O11/c1-16-41-51(10,63)44(59)34(6)56(14)28-30(2)26-49(8,62)46(32(4)42(33(5)47(61)67-41)40-27-50(9,64-15)45(60)35(7)66-40)68-48-43(58)39(25-31(3)65-48)55(13)23-22-37-29-57(53-52-37)24-21-36-17-19-38(20-18-36)54(11)12/h17-20,29-35,39-46,48,58-60,62-63H,16,21-28H2,1-15H3/t30-,31-,32+,33-,34-,35+,39+,40?,41-,42+,43-,44-,45+,46-,48+,49-,50-,51-/m1/s1. The van der Waals surface area contributed by atoms with Gasteiger partial charge < -0.3 is 63.9 Å². The summed E-state index contributed by atoms with van der Waals surface area (Å²) in [4.78, 5) is 20.7. The number of nitrogens with zero attached hydrogens (tertiary/aromatic N) is 6. The van der Waals surface area contributed by atoms with Crippen LogP contribution in [0.1, 0.15) is 106 Å². The van der Waals surface area contributed by atoms with Crippen molar-refractivity contribution in [2.24, 2.45) is 23.7 Å². The van der Waals surface area contributed by atoms with Crippen LogP contribution in [0.15, 0.2) is 30.5 Å². The van der Waals surface area contributed by atoms with Crippen LogP contribution in [-0.4, -0.2) is 189 Å². The minimum Gasteiger partial charge on any atom is -0.459 e. The van der Waals surface area contributed by atoms with E-state index in [0.717, 1.165) is 17.8 Å². The van der Waals surface area contributed by atoms with E-state index in [1.54, 1.807) is 34.8 Å². The highest BCUT2D eigenvalue weighted by Gasteiger charge is 2.55. The van der Waals surface area contributed by atoms with Crippen molar-refractivity contribution >= 4 is 11.7 Å². The maximum Gasteiger partial charge on any atom is 0.309 e. The predicted octanol–water partition coefficient (Wildman–Crippen LogP) is 3.69. The highest BCUT2D eigenvalue weighted by molar-refractivity contribution is 5.73. The smallest absolute Gasteiger partial charge is 0.309 e. The molecule has 0 amide bonds. The molecule has 0 spiro atoms. The first kappa shape index (κ1) is 56.1. The quantitative estimate of drug-likeness (QED) is 0.182. The van der Waals surface area contributed by atoms with Crippen LogP contribution in [0, 0.1) is 23.7 Å². The van der Waals surface area contributed by atoms with Crippen molar-refractivity contribution in [3.8, 4) is 0 Å². The number of methoxy groups -OCH3 is 1. The number of rotatable bonds is 13. The van der Waals surface area contributed by atoms with E-state index in [2.05, 4.69) is 44.4 Å². The normalized spacial score (nSPS) is 40.7. The second kappa shape index (κ2) is 23.2.